The maximum atomic E-state index is 12.5. The molecule has 0 aliphatic heterocycles. The number of carbonyl (C=O) groups excluding carboxylic acids is 1. The highest BCUT2D eigenvalue weighted by molar-refractivity contribution is 9.10. The van der Waals surface area contributed by atoms with Crippen molar-refractivity contribution in [3.63, 3.8) is 0 Å². The summed E-state index contributed by atoms with van der Waals surface area (Å²) in [6, 6.07) is 11.1. The van der Waals surface area contributed by atoms with E-state index in [9.17, 15) is 4.79 Å². The Hall–Kier alpha value is -2.27. The van der Waals surface area contributed by atoms with Gasteiger partial charge in [0.05, 0.1) is 16.8 Å². The Morgan fingerprint density at radius 3 is 2.71 bits per heavy atom. The van der Waals surface area contributed by atoms with E-state index in [0.29, 0.717) is 16.6 Å². The Bertz CT molecular complexity index is 827. The van der Waals surface area contributed by atoms with Crippen molar-refractivity contribution in [3.05, 3.63) is 64.4 Å². The number of halogens is 1. The third kappa shape index (κ3) is 2.64. The lowest BCUT2D eigenvalue weighted by molar-refractivity contribution is 0.102. The number of hydrogen-bond donors (Lipinski definition) is 1. The van der Waals surface area contributed by atoms with Gasteiger partial charge in [0.25, 0.3) is 5.91 Å². The monoisotopic (exact) mass is 341 g/mol. The molecule has 1 heterocycles. The second kappa shape index (κ2) is 5.61. The van der Waals surface area contributed by atoms with Gasteiger partial charge in [0.15, 0.2) is 0 Å². The molecule has 3 aromatic rings. The number of aryl methyl sites for hydroxylation is 1. The van der Waals surface area contributed by atoms with E-state index >= 15 is 0 Å². The normalized spacial score (nSPS) is 10.6. The number of nitrogens with zero attached hydrogens (tertiary/aromatic N) is 2. The fourth-order valence-corrected chi connectivity index (χ4v) is 2.47. The van der Waals surface area contributed by atoms with E-state index in [1.807, 2.05) is 31.2 Å². The summed E-state index contributed by atoms with van der Waals surface area (Å²) in [5, 5.41) is 2.91. The van der Waals surface area contributed by atoms with Gasteiger partial charge in [-0.05, 0) is 46.6 Å². The summed E-state index contributed by atoms with van der Waals surface area (Å²) in [5.41, 5.74) is 3.61. The molecule has 2 aromatic carbocycles. The first-order chi connectivity index (χ1) is 10.2. The van der Waals surface area contributed by atoms with E-state index < -0.39 is 0 Å². The molecule has 0 aliphatic rings. The molecule has 0 unspecified atom stereocenters. The van der Waals surface area contributed by atoms with Crippen molar-refractivity contribution in [3.8, 4) is 0 Å². The molecule has 0 bridgehead atoms. The third-order valence-electron chi connectivity index (χ3n) is 3.18. The van der Waals surface area contributed by atoms with Gasteiger partial charge in [0.1, 0.15) is 5.52 Å². The van der Waals surface area contributed by atoms with Crippen LogP contribution in [0.15, 0.2) is 53.3 Å². The van der Waals surface area contributed by atoms with Crippen LogP contribution in [0.5, 0.6) is 0 Å². The molecule has 1 N–H and O–H groups in total. The van der Waals surface area contributed by atoms with Gasteiger partial charge in [-0.15, -0.1) is 0 Å². The Balaban J connectivity index is 2.00. The zero-order valence-electron chi connectivity index (χ0n) is 11.3. The maximum Gasteiger partial charge on any atom is 0.257 e. The molecule has 0 saturated carbocycles. The molecular formula is C16H12BrN3O. The molecule has 0 atom stereocenters. The number of benzene rings is 2. The van der Waals surface area contributed by atoms with Gasteiger partial charge in [0, 0.05) is 16.9 Å². The Morgan fingerprint density at radius 1 is 1.10 bits per heavy atom. The predicted molar refractivity (Wildman–Crippen MR) is 86.4 cm³/mol. The number of fused-ring (bicyclic) bond motifs is 1. The molecule has 0 saturated heterocycles. The smallest absolute Gasteiger partial charge is 0.257 e. The van der Waals surface area contributed by atoms with E-state index in [4.69, 9.17) is 0 Å². The minimum atomic E-state index is -0.201. The van der Waals surface area contributed by atoms with Crippen LogP contribution in [-0.4, -0.2) is 15.9 Å². The number of hydrogen-bond acceptors (Lipinski definition) is 3. The molecule has 21 heavy (non-hydrogen) atoms. The largest absolute Gasteiger partial charge is 0.321 e. The van der Waals surface area contributed by atoms with Gasteiger partial charge in [0.2, 0.25) is 0 Å². The molecule has 3 rings (SSSR count). The average Bonchev–Trinajstić information content (AvgIpc) is 2.51. The summed E-state index contributed by atoms with van der Waals surface area (Å²) in [6.07, 6.45) is 3.20. The van der Waals surface area contributed by atoms with Gasteiger partial charge >= 0.3 is 0 Å². The first-order valence-corrected chi connectivity index (χ1v) is 7.22. The van der Waals surface area contributed by atoms with Crippen LogP contribution in [0, 0.1) is 6.92 Å². The van der Waals surface area contributed by atoms with Crippen LogP contribution in [-0.2, 0) is 0 Å². The van der Waals surface area contributed by atoms with Gasteiger partial charge in [-0.1, -0.05) is 18.2 Å². The summed E-state index contributed by atoms with van der Waals surface area (Å²) in [6.45, 7) is 1.98. The Kier molecular flexibility index (Phi) is 3.66. The van der Waals surface area contributed by atoms with Crippen molar-refractivity contribution in [1.29, 1.82) is 0 Å². The van der Waals surface area contributed by atoms with E-state index in [-0.39, 0.29) is 5.91 Å². The van der Waals surface area contributed by atoms with Crippen molar-refractivity contribution >= 4 is 38.6 Å². The topological polar surface area (TPSA) is 54.9 Å². The molecule has 0 fully saturated rings. The molecular weight excluding hydrogens is 330 g/mol. The van der Waals surface area contributed by atoms with Crippen LogP contribution in [0.2, 0.25) is 0 Å². The fraction of sp³-hybridized carbons (Fsp3) is 0.0625. The molecule has 104 valence electrons. The average molecular weight is 342 g/mol. The number of nitrogens with one attached hydrogen (secondary N) is 1. The number of rotatable bonds is 2. The minimum Gasteiger partial charge on any atom is -0.321 e. The van der Waals surface area contributed by atoms with Crippen molar-refractivity contribution in [2.45, 2.75) is 6.92 Å². The van der Waals surface area contributed by atoms with Crippen LogP contribution < -0.4 is 5.32 Å². The quantitative estimate of drug-likeness (QED) is 0.767. The lowest BCUT2D eigenvalue weighted by Crippen LogP contribution is -2.13. The standard InChI is InChI=1S/C16H12BrN3O/c1-10-4-2-6-12(14(10)17)20-16(21)11-5-3-7-13-15(11)19-9-8-18-13/h2-9H,1H3,(H,20,21). The highest BCUT2D eigenvalue weighted by Crippen LogP contribution is 2.26. The lowest BCUT2D eigenvalue weighted by Gasteiger charge is -2.10. The molecule has 1 aromatic heterocycles. The molecule has 0 aliphatic carbocycles. The van der Waals surface area contributed by atoms with Gasteiger partial charge in [-0.2, -0.15) is 0 Å². The van der Waals surface area contributed by atoms with E-state index in [0.717, 1.165) is 15.7 Å². The third-order valence-corrected chi connectivity index (χ3v) is 4.24. The number of aromatic nitrogens is 2. The maximum absolute atomic E-state index is 12.5. The fourth-order valence-electron chi connectivity index (χ4n) is 2.11. The number of amides is 1. The van der Waals surface area contributed by atoms with E-state index in [2.05, 4.69) is 31.2 Å². The van der Waals surface area contributed by atoms with Crippen molar-refractivity contribution < 1.29 is 4.79 Å². The molecule has 5 heteroatoms. The molecule has 1 amide bonds. The van der Waals surface area contributed by atoms with Gasteiger partial charge in [-0.25, -0.2) is 0 Å². The summed E-state index contributed by atoms with van der Waals surface area (Å²) < 4.78 is 0.879. The predicted octanol–water partition coefficient (Wildman–Crippen LogP) is 3.95. The van der Waals surface area contributed by atoms with Crippen molar-refractivity contribution in [1.82, 2.24) is 9.97 Å². The summed E-state index contributed by atoms with van der Waals surface area (Å²) in [4.78, 5) is 21.0. The molecule has 0 spiro atoms. The lowest BCUT2D eigenvalue weighted by atomic mass is 10.1. The first kappa shape index (κ1) is 13.7. The van der Waals surface area contributed by atoms with Crippen molar-refractivity contribution in [2.75, 3.05) is 5.32 Å². The Morgan fingerprint density at radius 2 is 1.86 bits per heavy atom. The Labute approximate surface area is 130 Å². The van der Waals surface area contributed by atoms with Crippen LogP contribution in [0.3, 0.4) is 0 Å². The van der Waals surface area contributed by atoms with Crippen LogP contribution in [0.4, 0.5) is 5.69 Å². The first-order valence-electron chi connectivity index (χ1n) is 6.43. The van der Waals surface area contributed by atoms with Crippen LogP contribution in [0.25, 0.3) is 11.0 Å². The SMILES string of the molecule is Cc1cccc(NC(=O)c2cccc3nccnc23)c1Br. The van der Waals surface area contributed by atoms with Crippen LogP contribution in [0.1, 0.15) is 15.9 Å². The molecule has 0 radical (unpaired) electrons. The summed E-state index contributed by atoms with van der Waals surface area (Å²) in [5.74, 6) is -0.201. The second-order valence-electron chi connectivity index (χ2n) is 4.62. The number of anilines is 1. The highest BCUT2D eigenvalue weighted by Gasteiger charge is 2.13. The van der Waals surface area contributed by atoms with Gasteiger partial charge in [-0.3, -0.25) is 14.8 Å². The second-order valence-corrected chi connectivity index (χ2v) is 5.41. The van der Waals surface area contributed by atoms with Gasteiger partial charge < -0.3 is 5.32 Å². The summed E-state index contributed by atoms with van der Waals surface area (Å²) >= 11 is 3.49. The van der Waals surface area contributed by atoms with E-state index in [1.54, 1.807) is 24.5 Å². The van der Waals surface area contributed by atoms with E-state index in [1.165, 1.54) is 0 Å². The number of para-hydroxylation sites is 1. The minimum absolute atomic E-state index is 0.201. The van der Waals surface area contributed by atoms with Crippen molar-refractivity contribution in [2.24, 2.45) is 0 Å². The van der Waals surface area contributed by atoms with Crippen LogP contribution >= 0.6 is 15.9 Å². The number of carbonyl (C=O) groups is 1. The molecule has 4 nitrogen and oxygen atoms in total. The summed E-state index contributed by atoms with van der Waals surface area (Å²) in [7, 11) is 0. The zero-order chi connectivity index (χ0) is 14.8. The highest BCUT2D eigenvalue weighted by atomic mass is 79.9. The zero-order valence-corrected chi connectivity index (χ0v) is 12.9.